The Kier molecular flexibility index (Phi) is 14.1. The largest absolute Gasteiger partial charge is 0.496 e. The van der Waals surface area contributed by atoms with E-state index in [-0.39, 0.29) is 0 Å². The number of rotatable bonds is 5. The van der Waals surface area contributed by atoms with E-state index in [2.05, 4.69) is 194 Å². The Hall–Kier alpha value is -7.24. The van der Waals surface area contributed by atoms with E-state index in [1.165, 1.54) is 11.1 Å². The van der Waals surface area contributed by atoms with Crippen LogP contribution in [-0.2, 0) is 0 Å². The van der Waals surface area contributed by atoms with Gasteiger partial charge in [0.1, 0.15) is 28.7 Å². The molecule has 0 spiro atoms. The number of aryl methyl sites for hydroxylation is 7. The van der Waals surface area contributed by atoms with Gasteiger partial charge in [-0.15, -0.1) is 0 Å². The summed E-state index contributed by atoms with van der Waals surface area (Å²) in [5, 5.41) is 0. The van der Waals surface area contributed by atoms with Crippen LogP contribution in [0.15, 0.2) is 72.8 Å². The van der Waals surface area contributed by atoms with Gasteiger partial charge in [0, 0.05) is 27.8 Å². The Morgan fingerprint density at radius 3 is 0.462 bits per heavy atom. The van der Waals surface area contributed by atoms with Gasteiger partial charge in [0.05, 0.1) is 35.5 Å². The quantitative estimate of drug-likeness (QED) is 0.173. The monoisotopic (exact) mass is 860 g/mol. The lowest BCUT2D eigenvalue weighted by Crippen LogP contribution is -1.94. The third-order valence-electron chi connectivity index (χ3n) is 12.4. The highest BCUT2D eigenvalue weighted by Gasteiger charge is 2.12. The summed E-state index contributed by atoms with van der Waals surface area (Å²) in [4.78, 5) is 0. The van der Waals surface area contributed by atoms with Crippen LogP contribution in [0, 0.1) is 48.5 Å². The third kappa shape index (κ3) is 10.3. The number of hydrogen-bond donors (Lipinski definition) is 0. The fraction of sp³-hybridized carbons (Fsp3) is 0.200. The molecule has 0 amide bonds. The standard InChI is InChI=1S/C60H60O5/c1-37-26-45-16-21-52-30-42(6)49(35-59(52)64-11)19-24-55-31-43(7)50(36-60(55)65-12)18-23-54-28-40(4)47(33-57(54)62-9)14-13-46-32-56(61-8)53(27-39(46)3)22-17-48-34-58(63-10)51(29-41(48)5)20-15-44(37)25-38(45)2/h13-36H,1-12H3/b14-13-,20-15+,21-16+,22-17+,23-18-,24-19-,44-15?,45-16?,46-13?,47-14?,48-17?,49-19?,50-18?,51-20?,52-21?,53-22?,54-23?,55-24?. The van der Waals surface area contributed by atoms with Gasteiger partial charge in [-0.05, 0) is 187 Å². The zero-order valence-electron chi connectivity index (χ0n) is 39.9. The molecule has 0 saturated heterocycles. The lowest BCUT2D eigenvalue weighted by molar-refractivity contribution is 0.413. The maximum atomic E-state index is 5.94. The number of ether oxygens (including phenoxy) is 5. The highest BCUT2D eigenvalue weighted by atomic mass is 16.5. The third-order valence-corrected chi connectivity index (χ3v) is 12.4. The molecule has 0 heterocycles. The molecule has 65 heavy (non-hydrogen) atoms. The predicted molar refractivity (Wildman–Crippen MR) is 278 cm³/mol. The van der Waals surface area contributed by atoms with Crippen molar-refractivity contribution in [1.82, 2.24) is 0 Å². The van der Waals surface area contributed by atoms with Gasteiger partial charge in [-0.3, -0.25) is 0 Å². The maximum absolute atomic E-state index is 5.94. The molecule has 16 aliphatic rings. The van der Waals surface area contributed by atoms with Crippen molar-refractivity contribution in [2.75, 3.05) is 35.5 Å². The van der Waals surface area contributed by atoms with Crippen molar-refractivity contribution in [2.45, 2.75) is 48.5 Å². The van der Waals surface area contributed by atoms with Crippen LogP contribution in [0.1, 0.15) is 106 Å². The fourth-order valence-corrected chi connectivity index (χ4v) is 8.36. The molecule has 5 heteroatoms. The molecule has 0 aliphatic heterocycles. The fourth-order valence-electron chi connectivity index (χ4n) is 8.36. The molecule has 0 N–H and O–H groups in total. The summed E-state index contributed by atoms with van der Waals surface area (Å²) in [6.45, 7) is 15.0. The van der Waals surface area contributed by atoms with Crippen LogP contribution < -0.4 is 23.7 Å². The van der Waals surface area contributed by atoms with E-state index >= 15 is 0 Å². The van der Waals surface area contributed by atoms with Gasteiger partial charge in [-0.2, -0.15) is 0 Å². The van der Waals surface area contributed by atoms with E-state index < -0.39 is 0 Å². The molecule has 6 aromatic carbocycles. The van der Waals surface area contributed by atoms with E-state index in [4.69, 9.17) is 23.7 Å². The molecule has 0 unspecified atom stereocenters. The smallest absolute Gasteiger partial charge is 0.126 e. The number of hydrogen-bond acceptors (Lipinski definition) is 5. The van der Waals surface area contributed by atoms with Gasteiger partial charge in [0.15, 0.2) is 0 Å². The first-order valence-corrected chi connectivity index (χ1v) is 22.0. The van der Waals surface area contributed by atoms with Gasteiger partial charge < -0.3 is 23.7 Å². The van der Waals surface area contributed by atoms with Crippen molar-refractivity contribution in [1.29, 1.82) is 0 Å². The predicted octanol–water partition coefficient (Wildman–Crippen LogP) is 15.2. The van der Waals surface area contributed by atoms with Crippen LogP contribution in [0.5, 0.6) is 28.7 Å². The number of methoxy groups -OCH3 is 5. The first-order valence-electron chi connectivity index (χ1n) is 22.0. The van der Waals surface area contributed by atoms with Crippen molar-refractivity contribution in [3.05, 3.63) is 179 Å². The first-order chi connectivity index (χ1) is 31.3. The van der Waals surface area contributed by atoms with Gasteiger partial charge in [-0.25, -0.2) is 0 Å². The molecule has 0 fully saturated rings. The maximum Gasteiger partial charge on any atom is 0.126 e. The summed E-state index contributed by atoms with van der Waals surface area (Å²) in [6.07, 6.45) is 25.6. The Bertz CT molecular complexity index is 2970. The molecule has 16 aliphatic carbocycles. The molecular weight excluding hydrogens is 801 g/mol. The van der Waals surface area contributed by atoms with Gasteiger partial charge in [0.2, 0.25) is 0 Å². The Balaban J connectivity index is 1.33. The molecule has 0 aromatic heterocycles. The second kappa shape index (κ2) is 20.1. The average molecular weight is 861 g/mol. The van der Waals surface area contributed by atoms with Crippen molar-refractivity contribution in [2.24, 2.45) is 0 Å². The molecule has 6 aromatic rings. The summed E-state index contributed by atoms with van der Waals surface area (Å²) < 4.78 is 29.7. The summed E-state index contributed by atoms with van der Waals surface area (Å²) >= 11 is 0. The van der Waals surface area contributed by atoms with E-state index in [0.29, 0.717) is 0 Å². The van der Waals surface area contributed by atoms with Gasteiger partial charge in [0.25, 0.3) is 0 Å². The Labute approximate surface area is 386 Å². The number of benzene rings is 6. The second-order valence-electron chi connectivity index (χ2n) is 16.8. The van der Waals surface area contributed by atoms with Crippen molar-refractivity contribution in [3.63, 3.8) is 0 Å². The molecule has 12 bridgehead atoms. The SMILES string of the molecule is COc1cc2c(C)cc1/C=C\c1cc(OC)c(cc1C)/C=C\c1cc(OC)c(cc1C)/C=C/c1cc(C)c(cc1C)/C=C/c1cc(C)c(cc1OC)/C=C/c1cc(C)c(cc1OC)/C=C\2. The molecule has 0 saturated carbocycles. The minimum absolute atomic E-state index is 0.791. The van der Waals surface area contributed by atoms with Crippen molar-refractivity contribution < 1.29 is 23.7 Å². The van der Waals surface area contributed by atoms with Crippen LogP contribution in [0.25, 0.3) is 72.9 Å². The summed E-state index contributed by atoms with van der Waals surface area (Å²) in [5.74, 6) is 3.99. The molecule has 0 atom stereocenters. The topological polar surface area (TPSA) is 46.2 Å². The average Bonchev–Trinajstić information content (AvgIpc) is 3.29. The van der Waals surface area contributed by atoms with Crippen LogP contribution >= 0.6 is 0 Å². The van der Waals surface area contributed by atoms with Crippen molar-refractivity contribution in [3.8, 4) is 28.7 Å². The zero-order valence-corrected chi connectivity index (χ0v) is 39.9. The lowest BCUT2D eigenvalue weighted by atomic mass is 9.96. The van der Waals surface area contributed by atoms with Crippen molar-refractivity contribution >= 4 is 72.9 Å². The van der Waals surface area contributed by atoms with E-state index in [1.807, 2.05) is 0 Å². The Morgan fingerprint density at radius 2 is 0.308 bits per heavy atom. The highest BCUT2D eigenvalue weighted by Crippen LogP contribution is 2.34. The van der Waals surface area contributed by atoms with Crippen LogP contribution in [0.2, 0.25) is 0 Å². The lowest BCUT2D eigenvalue weighted by Gasteiger charge is -2.13. The zero-order chi connectivity index (χ0) is 46.4. The summed E-state index contributed by atoms with van der Waals surface area (Å²) in [6, 6.07) is 25.9. The Morgan fingerprint density at radius 1 is 0.185 bits per heavy atom. The summed E-state index contributed by atoms with van der Waals surface area (Å²) in [7, 11) is 8.60. The van der Waals surface area contributed by atoms with Crippen LogP contribution in [0.4, 0.5) is 0 Å². The molecular formula is C60H60O5. The highest BCUT2D eigenvalue weighted by molar-refractivity contribution is 5.84. The molecule has 22 rings (SSSR count). The molecule has 5 nitrogen and oxygen atoms in total. The van der Waals surface area contributed by atoms with Gasteiger partial charge in [-0.1, -0.05) is 85.0 Å². The van der Waals surface area contributed by atoms with Crippen LogP contribution in [0.3, 0.4) is 0 Å². The molecule has 0 radical (unpaired) electrons. The normalized spacial score (nSPS) is 15.2. The minimum Gasteiger partial charge on any atom is -0.496 e. The summed E-state index contributed by atoms with van der Waals surface area (Å²) in [5.41, 5.74) is 20.7. The van der Waals surface area contributed by atoms with E-state index in [9.17, 15) is 0 Å². The van der Waals surface area contributed by atoms with E-state index in [1.54, 1.807) is 35.5 Å². The second-order valence-corrected chi connectivity index (χ2v) is 16.8. The van der Waals surface area contributed by atoms with E-state index in [0.717, 1.165) is 123 Å². The first kappa shape index (κ1) is 45.8. The minimum atomic E-state index is 0.791. The van der Waals surface area contributed by atoms with Crippen LogP contribution in [-0.4, -0.2) is 35.5 Å². The molecule has 330 valence electrons. The van der Waals surface area contributed by atoms with Gasteiger partial charge >= 0.3 is 0 Å².